The summed E-state index contributed by atoms with van der Waals surface area (Å²) in [6.45, 7) is 3.43. The molecular formula is C12H13N5O. The molecule has 2 aromatic heterocycles. The monoisotopic (exact) mass is 243 g/mol. The van der Waals surface area contributed by atoms with Crippen molar-refractivity contribution >= 4 is 5.91 Å². The van der Waals surface area contributed by atoms with Crippen LogP contribution in [0.15, 0.2) is 24.8 Å². The summed E-state index contributed by atoms with van der Waals surface area (Å²) in [5.74, 6) is 0.296. The quantitative estimate of drug-likeness (QED) is 0.844. The number of H-pyrrole nitrogens is 1. The summed E-state index contributed by atoms with van der Waals surface area (Å²) >= 11 is 0. The van der Waals surface area contributed by atoms with Crippen LogP contribution < -0.4 is 0 Å². The number of amides is 1. The second-order valence-corrected chi connectivity index (χ2v) is 4.46. The van der Waals surface area contributed by atoms with E-state index in [4.69, 9.17) is 0 Å². The lowest BCUT2D eigenvalue weighted by atomic mass is 9.94. The molecular weight excluding hydrogens is 230 g/mol. The van der Waals surface area contributed by atoms with Crippen LogP contribution in [-0.4, -0.2) is 44.1 Å². The van der Waals surface area contributed by atoms with Crippen LogP contribution >= 0.6 is 0 Å². The molecule has 1 saturated heterocycles. The van der Waals surface area contributed by atoms with Gasteiger partial charge in [-0.05, 0) is 12.5 Å². The number of aromatic amines is 1. The van der Waals surface area contributed by atoms with E-state index in [1.165, 1.54) is 12.4 Å². The zero-order valence-electron chi connectivity index (χ0n) is 10.00. The third-order valence-electron chi connectivity index (χ3n) is 3.23. The van der Waals surface area contributed by atoms with Gasteiger partial charge in [-0.2, -0.15) is 5.10 Å². The number of hydrogen-bond donors (Lipinski definition) is 1. The minimum Gasteiger partial charge on any atom is -0.336 e. The Labute approximate surface area is 104 Å². The first kappa shape index (κ1) is 10.9. The molecule has 1 aliphatic heterocycles. The van der Waals surface area contributed by atoms with Crippen LogP contribution in [0.3, 0.4) is 0 Å². The van der Waals surface area contributed by atoms with E-state index in [1.807, 2.05) is 13.1 Å². The standard InChI is InChI=1S/C12H13N5O/c1-8-4-15-16-11(8)9-6-17(7-9)12(18)10-5-13-2-3-14-10/h2-5,9H,6-7H2,1H3,(H,15,16). The van der Waals surface area contributed by atoms with Gasteiger partial charge in [0.15, 0.2) is 0 Å². The molecule has 6 nitrogen and oxygen atoms in total. The van der Waals surface area contributed by atoms with E-state index in [9.17, 15) is 4.79 Å². The summed E-state index contributed by atoms with van der Waals surface area (Å²) in [6, 6.07) is 0. The highest BCUT2D eigenvalue weighted by Gasteiger charge is 2.34. The van der Waals surface area contributed by atoms with Crippen molar-refractivity contribution in [2.45, 2.75) is 12.8 Å². The van der Waals surface area contributed by atoms with E-state index in [0.29, 0.717) is 24.7 Å². The lowest BCUT2D eigenvalue weighted by Gasteiger charge is -2.38. The molecule has 0 radical (unpaired) electrons. The van der Waals surface area contributed by atoms with Crippen LogP contribution in [0.25, 0.3) is 0 Å². The third kappa shape index (κ3) is 1.75. The SMILES string of the molecule is Cc1cn[nH]c1C1CN(C(=O)c2cnccn2)C1. The van der Waals surface area contributed by atoms with Gasteiger partial charge in [-0.3, -0.25) is 14.9 Å². The van der Waals surface area contributed by atoms with E-state index in [-0.39, 0.29) is 5.91 Å². The highest BCUT2D eigenvalue weighted by Crippen LogP contribution is 2.28. The normalized spacial score (nSPS) is 15.5. The van der Waals surface area contributed by atoms with Crippen molar-refractivity contribution < 1.29 is 4.79 Å². The molecule has 1 fully saturated rings. The number of nitrogens with one attached hydrogen (secondary N) is 1. The summed E-state index contributed by atoms with van der Waals surface area (Å²) in [4.78, 5) is 21.7. The molecule has 0 atom stereocenters. The van der Waals surface area contributed by atoms with Gasteiger partial charge >= 0.3 is 0 Å². The maximum absolute atomic E-state index is 12.0. The molecule has 1 N–H and O–H groups in total. The van der Waals surface area contributed by atoms with Crippen LogP contribution in [0.2, 0.25) is 0 Å². The van der Waals surface area contributed by atoms with Gasteiger partial charge in [0.2, 0.25) is 0 Å². The fraction of sp³-hybridized carbons (Fsp3) is 0.333. The molecule has 2 aromatic rings. The molecule has 0 saturated carbocycles. The average Bonchev–Trinajstić information content (AvgIpc) is 2.75. The van der Waals surface area contributed by atoms with Crippen molar-refractivity contribution in [2.24, 2.45) is 0 Å². The van der Waals surface area contributed by atoms with E-state index >= 15 is 0 Å². The Kier molecular flexibility index (Phi) is 2.55. The summed E-state index contributed by atoms with van der Waals surface area (Å²) in [6.07, 6.45) is 6.40. The Balaban J connectivity index is 1.66. The molecule has 3 heterocycles. The fourth-order valence-corrected chi connectivity index (χ4v) is 2.17. The van der Waals surface area contributed by atoms with Gasteiger partial charge in [0.25, 0.3) is 5.91 Å². The molecule has 0 bridgehead atoms. The van der Waals surface area contributed by atoms with Crippen LogP contribution in [0.5, 0.6) is 0 Å². The Bertz CT molecular complexity index is 559. The molecule has 0 aromatic carbocycles. The van der Waals surface area contributed by atoms with Crippen LogP contribution in [-0.2, 0) is 0 Å². The van der Waals surface area contributed by atoms with Gasteiger partial charge in [-0.1, -0.05) is 0 Å². The number of nitrogens with zero attached hydrogens (tertiary/aromatic N) is 4. The fourth-order valence-electron chi connectivity index (χ4n) is 2.17. The maximum Gasteiger partial charge on any atom is 0.274 e. The van der Waals surface area contributed by atoms with Gasteiger partial charge in [0.05, 0.1) is 12.4 Å². The first-order chi connectivity index (χ1) is 8.75. The highest BCUT2D eigenvalue weighted by atomic mass is 16.2. The van der Waals surface area contributed by atoms with E-state index in [2.05, 4.69) is 20.2 Å². The minimum atomic E-state index is -0.0588. The van der Waals surface area contributed by atoms with Crippen molar-refractivity contribution in [3.63, 3.8) is 0 Å². The molecule has 6 heteroatoms. The number of aromatic nitrogens is 4. The van der Waals surface area contributed by atoms with Gasteiger partial charge in [-0.25, -0.2) is 4.98 Å². The van der Waals surface area contributed by atoms with E-state index in [0.717, 1.165) is 11.3 Å². The van der Waals surface area contributed by atoms with Crippen LogP contribution in [0, 0.1) is 6.92 Å². The topological polar surface area (TPSA) is 74.8 Å². The first-order valence-electron chi connectivity index (χ1n) is 5.81. The number of carbonyl (C=O) groups is 1. The number of carbonyl (C=O) groups excluding carboxylic acids is 1. The Morgan fingerprint density at radius 1 is 1.39 bits per heavy atom. The third-order valence-corrected chi connectivity index (χ3v) is 3.23. The number of likely N-dealkylation sites (tertiary alicyclic amines) is 1. The average molecular weight is 243 g/mol. The zero-order valence-corrected chi connectivity index (χ0v) is 10.00. The predicted molar refractivity (Wildman–Crippen MR) is 64.0 cm³/mol. The molecule has 0 unspecified atom stereocenters. The smallest absolute Gasteiger partial charge is 0.274 e. The van der Waals surface area contributed by atoms with Gasteiger partial charge in [0.1, 0.15) is 5.69 Å². The van der Waals surface area contributed by atoms with Crippen molar-refractivity contribution in [1.82, 2.24) is 25.1 Å². The zero-order chi connectivity index (χ0) is 12.5. The van der Waals surface area contributed by atoms with Crippen molar-refractivity contribution in [3.8, 4) is 0 Å². The number of aryl methyl sites for hydroxylation is 1. The van der Waals surface area contributed by atoms with Gasteiger partial charge in [-0.15, -0.1) is 0 Å². The summed E-state index contributed by atoms with van der Waals surface area (Å²) in [7, 11) is 0. The van der Waals surface area contributed by atoms with Crippen LogP contribution in [0.4, 0.5) is 0 Å². The molecule has 92 valence electrons. The van der Waals surface area contributed by atoms with Crippen molar-refractivity contribution in [2.75, 3.05) is 13.1 Å². The predicted octanol–water partition coefficient (Wildman–Crippen LogP) is 0.748. The second-order valence-electron chi connectivity index (χ2n) is 4.46. The Morgan fingerprint density at radius 2 is 2.22 bits per heavy atom. The largest absolute Gasteiger partial charge is 0.336 e. The maximum atomic E-state index is 12.0. The van der Waals surface area contributed by atoms with Gasteiger partial charge < -0.3 is 4.90 Å². The summed E-state index contributed by atoms with van der Waals surface area (Å²) in [5, 5.41) is 6.99. The number of rotatable bonds is 2. The second kappa shape index (κ2) is 4.21. The van der Waals surface area contributed by atoms with Crippen molar-refractivity contribution in [3.05, 3.63) is 41.7 Å². The molecule has 1 amide bonds. The Morgan fingerprint density at radius 3 is 2.83 bits per heavy atom. The molecule has 0 aliphatic carbocycles. The number of hydrogen-bond acceptors (Lipinski definition) is 4. The molecule has 18 heavy (non-hydrogen) atoms. The first-order valence-corrected chi connectivity index (χ1v) is 5.81. The Hall–Kier alpha value is -2.24. The lowest BCUT2D eigenvalue weighted by molar-refractivity contribution is 0.0591. The van der Waals surface area contributed by atoms with Crippen molar-refractivity contribution in [1.29, 1.82) is 0 Å². The summed E-state index contributed by atoms with van der Waals surface area (Å²) < 4.78 is 0. The van der Waals surface area contributed by atoms with E-state index in [1.54, 1.807) is 11.1 Å². The van der Waals surface area contributed by atoms with Crippen LogP contribution in [0.1, 0.15) is 27.7 Å². The summed E-state index contributed by atoms with van der Waals surface area (Å²) in [5.41, 5.74) is 2.67. The van der Waals surface area contributed by atoms with Gasteiger partial charge in [0, 0.05) is 37.1 Å². The molecule has 0 spiro atoms. The lowest BCUT2D eigenvalue weighted by Crippen LogP contribution is -2.49. The molecule has 1 aliphatic rings. The van der Waals surface area contributed by atoms with E-state index < -0.39 is 0 Å². The minimum absolute atomic E-state index is 0.0588. The highest BCUT2D eigenvalue weighted by molar-refractivity contribution is 5.92. The molecule has 3 rings (SSSR count).